The molecule has 7 rings (SSSR count). The number of aromatic nitrogens is 1. The van der Waals surface area contributed by atoms with E-state index in [4.69, 9.17) is 12.2 Å². The van der Waals surface area contributed by atoms with Crippen LogP contribution in [-0.4, -0.2) is 50.5 Å². The highest BCUT2D eigenvalue weighted by Crippen LogP contribution is 2.62. The topological polar surface area (TPSA) is 99.9 Å². The van der Waals surface area contributed by atoms with Gasteiger partial charge in [0.2, 0.25) is 0 Å². The number of thiazole rings is 1. The molecule has 1 aromatic heterocycles. The number of carbonyl (C=O) groups excluding carboxylic acids is 1. The van der Waals surface area contributed by atoms with Gasteiger partial charge in [0, 0.05) is 29.9 Å². The Labute approximate surface area is 299 Å². The van der Waals surface area contributed by atoms with E-state index in [-0.39, 0.29) is 23.4 Å². The summed E-state index contributed by atoms with van der Waals surface area (Å²) in [5, 5.41) is 0. The number of rotatable bonds is 8. The van der Waals surface area contributed by atoms with E-state index in [1.807, 2.05) is 43.3 Å². The molecule has 0 spiro atoms. The van der Waals surface area contributed by atoms with Crippen LogP contribution < -0.4 is 19.7 Å². The highest BCUT2D eigenvalue weighted by Gasteiger charge is 2.59. The maximum Gasteiger partial charge on any atom is 0.269 e. The Morgan fingerprint density at radius 3 is 2.45 bits per heavy atom. The Balaban J connectivity index is 1.37. The van der Waals surface area contributed by atoms with Gasteiger partial charge in [0.15, 0.2) is 0 Å². The molecule has 8 nitrogen and oxygen atoms in total. The number of hydrogen-bond donors (Lipinski definition) is 1. The molecule has 2 atom stereocenters. The molecule has 2 fully saturated rings. The molecule has 3 aliphatic rings. The number of hydrogen-bond acceptors (Lipinski definition) is 8. The van der Waals surface area contributed by atoms with Gasteiger partial charge in [-0.05, 0) is 78.8 Å². The second-order valence-electron chi connectivity index (χ2n) is 13.3. The van der Waals surface area contributed by atoms with Crippen molar-refractivity contribution in [2.45, 2.75) is 64.0 Å². The summed E-state index contributed by atoms with van der Waals surface area (Å²) in [7, 11) is -4.36. The molecule has 4 aromatic rings. The third-order valence-corrected chi connectivity index (χ3v) is 13.8. The van der Waals surface area contributed by atoms with Gasteiger partial charge in [-0.1, -0.05) is 92.8 Å². The van der Waals surface area contributed by atoms with Crippen molar-refractivity contribution in [1.82, 2.24) is 9.47 Å². The summed E-state index contributed by atoms with van der Waals surface area (Å²) in [4.78, 5) is 31.6. The minimum absolute atomic E-state index is 0.0504. The van der Waals surface area contributed by atoms with Crippen molar-refractivity contribution < 1.29 is 17.8 Å². The first-order valence-corrected chi connectivity index (χ1v) is 20.0. The molecule has 0 radical (unpaired) electrons. The molecule has 3 aromatic carbocycles. The average Bonchev–Trinajstić information content (AvgIpc) is 3.71. The zero-order chi connectivity index (χ0) is 34.7. The molecular formula is C37H37N3O5S4. The molecule has 49 heavy (non-hydrogen) atoms. The van der Waals surface area contributed by atoms with E-state index < -0.39 is 21.4 Å². The van der Waals surface area contributed by atoms with Gasteiger partial charge in [-0.3, -0.25) is 23.6 Å². The largest absolute Gasteiger partial charge is 0.334 e. The van der Waals surface area contributed by atoms with Crippen LogP contribution in [0.2, 0.25) is 0 Å². The highest BCUT2D eigenvalue weighted by molar-refractivity contribution is 8.30. The van der Waals surface area contributed by atoms with E-state index in [0.29, 0.717) is 31.4 Å². The van der Waals surface area contributed by atoms with Gasteiger partial charge in [-0.2, -0.15) is 8.42 Å². The highest BCUT2D eigenvalue weighted by atomic mass is 32.2. The maximum atomic E-state index is 13.9. The molecule has 254 valence electrons. The van der Waals surface area contributed by atoms with Crippen LogP contribution in [0.5, 0.6) is 0 Å². The fourth-order valence-corrected chi connectivity index (χ4v) is 10.8. The van der Waals surface area contributed by atoms with Crippen LogP contribution in [-0.2, 0) is 26.9 Å². The monoisotopic (exact) mass is 731 g/mol. The molecule has 1 amide bonds. The van der Waals surface area contributed by atoms with E-state index in [0.717, 1.165) is 59.1 Å². The van der Waals surface area contributed by atoms with Crippen LogP contribution in [0.4, 0.5) is 11.4 Å². The lowest BCUT2D eigenvalue weighted by atomic mass is 9.72. The Kier molecular flexibility index (Phi) is 8.76. The van der Waals surface area contributed by atoms with E-state index >= 15 is 0 Å². The smallest absolute Gasteiger partial charge is 0.269 e. The zero-order valence-electron chi connectivity index (χ0n) is 27.5. The number of amides is 1. The van der Waals surface area contributed by atoms with Gasteiger partial charge in [-0.25, -0.2) is 0 Å². The summed E-state index contributed by atoms with van der Waals surface area (Å²) in [5.74, 6) is -0.963. The minimum atomic E-state index is -4.36. The fraction of sp³-hybridized carbons (Fsp3) is 0.324. The SMILES string of the molecule is CCCN1C(=O)/C(=c2/s/c(=C\c3ccccc3-c3ccc4c(c3)C3(C)CCCC3(C)N4c3ccccc3)c(=O)n2CCS(=O)(=O)O)SC1=S. The number of thioether (sulfide) groups is 1. The van der Waals surface area contributed by atoms with Gasteiger partial charge >= 0.3 is 0 Å². The molecule has 1 saturated carbocycles. The van der Waals surface area contributed by atoms with Gasteiger partial charge in [0.1, 0.15) is 13.9 Å². The summed E-state index contributed by atoms with van der Waals surface area (Å²) in [6, 6.07) is 25.2. The molecule has 1 saturated heterocycles. The normalized spacial score (nSPS) is 23.5. The number of benzene rings is 3. The summed E-state index contributed by atoms with van der Waals surface area (Å²) >= 11 is 7.72. The predicted octanol–water partition coefficient (Wildman–Crippen LogP) is 6.02. The number of carbonyl (C=O) groups is 1. The van der Waals surface area contributed by atoms with Crippen molar-refractivity contribution in [3.63, 3.8) is 0 Å². The molecule has 0 bridgehead atoms. The van der Waals surface area contributed by atoms with Crippen molar-refractivity contribution in [3.05, 3.63) is 103 Å². The maximum absolute atomic E-state index is 13.9. The van der Waals surface area contributed by atoms with Gasteiger partial charge in [-0.15, -0.1) is 11.3 Å². The lowest BCUT2D eigenvalue weighted by molar-refractivity contribution is -0.120. The lowest BCUT2D eigenvalue weighted by Gasteiger charge is -2.42. The number of fused-ring (bicyclic) bond motifs is 3. The molecule has 2 unspecified atom stereocenters. The Hall–Kier alpha value is -3.55. The van der Waals surface area contributed by atoms with E-state index in [1.165, 1.54) is 26.4 Å². The lowest BCUT2D eigenvalue weighted by Crippen LogP contribution is -2.48. The van der Waals surface area contributed by atoms with Crippen LogP contribution in [0.3, 0.4) is 0 Å². The predicted molar refractivity (Wildman–Crippen MR) is 203 cm³/mol. The van der Waals surface area contributed by atoms with E-state index in [1.54, 1.807) is 0 Å². The summed E-state index contributed by atoms with van der Waals surface area (Å²) in [6.07, 6.45) is 5.86. The Morgan fingerprint density at radius 1 is 0.980 bits per heavy atom. The molecule has 1 aliphatic carbocycles. The third-order valence-electron chi connectivity index (χ3n) is 10.4. The number of nitrogens with zero attached hydrogens (tertiary/aromatic N) is 3. The average molecular weight is 732 g/mol. The standard InChI is InChI=1S/C37H37N3O5S4/c1-4-19-39-33(42)31(48-35(39)46)34-38(20-21-49(43,44)45)32(41)30(47-34)23-24-11-8-9-14-27(24)25-15-16-29-28(22-25)36(2)17-10-18-37(36,3)40(29)26-12-6-5-7-13-26/h5-9,11-16,22-23H,4,10,17-21H2,1-3H3,(H,43,44,45)/b30-23-,34-31-. The first kappa shape index (κ1) is 33.9. The summed E-state index contributed by atoms with van der Waals surface area (Å²) < 4.78 is 35.3. The molecule has 12 heteroatoms. The van der Waals surface area contributed by atoms with Crippen molar-refractivity contribution >= 4 is 78.0 Å². The van der Waals surface area contributed by atoms with Gasteiger partial charge in [0.25, 0.3) is 21.6 Å². The van der Waals surface area contributed by atoms with Crippen LogP contribution in [0.25, 0.3) is 22.1 Å². The third kappa shape index (κ3) is 5.71. The van der Waals surface area contributed by atoms with Crippen LogP contribution in [0.15, 0.2) is 77.6 Å². The van der Waals surface area contributed by atoms with Crippen molar-refractivity contribution in [2.24, 2.45) is 0 Å². The first-order chi connectivity index (χ1) is 23.4. The van der Waals surface area contributed by atoms with E-state index in [2.05, 4.69) is 61.2 Å². The molecule has 1 N–H and O–H groups in total. The zero-order valence-corrected chi connectivity index (χ0v) is 30.8. The first-order valence-electron chi connectivity index (χ1n) is 16.4. The number of thiocarbonyl (C=S) groups is 1. The summed E-state index contributed by atoms with van der Waals surface area (Å²) in [6.45, 7) is 6.87. The summed E-state index contributed by atoms with van der Waals surface area (Å²) in [5.41, 5.74) is 6.00. The number of para-hydroxylation sites is 1. The molecular weight excluding hydrogens is 695 g/mol. The fourth-order valence-electron chi connectivity index (χ4n) is 7.79. The van der Waals surface area contributed by atoms with Crippen molar-refractivity contribution in [3.8, 4) is 11.1 Å². The molecule has 2 aliphatic heterocycles. The Bertz CT molecular complexity index is 2300. The quantitative estimate of drug-likeness (QED) is 0.174. The van der Waals surface area contributed by atoms with Crippen LogP contribution >= 0.6 is 35.3 Å². The minimum Gasteiger partial charge on any atom is -0.334 e. The van der Waals surface area contributed by atoms with Crippen LogP contribution in [0, 0.1) is 0 Å². The number of anilines is 2. The van der Waals surface area contributed by atoms with Crippen molar-refractivity contribution in [1.29, 1.82) is 0 Å². The second kappa shape index (κ2) is 12.6. The molecule has 3 heterocycles. The van der Waals surface area contributed by atoms with Crippen LogP contribution in [0.1, 0.15) is 57.6 Å². The second-order valence-corrected chi connectivity index (χ2v) is 17.5. The van der Waals surface area contributed by atoms with Gasteiger partial charge < -0.3 is 4.90 Å². The van der Waals surface area contributed by atoms with Crippen molar-refractivity contribution in [2.75, 3.05) is 17.2 Å². The van der Waals surface area contributed by atoms with E-state index in [9.17, 15) is 22.6 Å². The van der Waals surface area contributed by atoms with Gasteiger partial charge in [0.05, 0.1) is 15.8 Å². The Morgan fingerprint density at radius 2 is 1.71 bits per heavy atom.